The Morgan fingerprint density at radius 2 is 0.746 bits per heavy atom. The zero-order chi connectivity index (χ0) is 39.9. The molecule has 2 aliphatic rings. The molecule has 9 aromatic rings. The van der Waals surface area contributed by atoms with Gasteiger partial charge in [0.05, 0.1) is 5.69 Å². The van der Waals surface area contributed by atoms with Gasteiger partial charge in [0.25, 0.3) is 0 Å². The fraction of sp³-hybridized carbons (Fsp3) is 0.103. The SMILES string of the molecule is CC1(C)c2ccccc2-c2ccc(N(c3ccc4c(c3)C(C)(C)c3cc(-c5ccc6ccccc6c5)ccc3-4)c3ccccc3-c3ccc(-c4ccccc4)cc3)cc21. The van der Waals surface area contributed by atoms with E-state index in [1.54, 1.807) is 0 Å². The predicted molar refractivity (Wildman–Crippen MR) is 250 cm³/mol. The Labute approximate surface area is 347 Å². The molecule has 0 aliphatic heterocycles. The highest BCUT2D eigenvalue weighted by atomic mass is 15.1. The first-order valence-corrected chi connectivity index (χ1v) is 20.8. The highest BCUT2D eigenvalue weighted by Gasteiger charge is 2.38. The summed E-state index contributed by atoms with van der Waals surface area (Å²) < 4.78 is 0. The van der Waals surface area contributed by atoms with E-state index in [0.29, 0.717) is 0 Å². The maximum atomic E-state index is 2.50. The number of benzene rings is 9. The van der Waals surface area contributed by atoms with Crippen LogP contribution in [-0.4, -0.2) is 0 Å². The van der Waals surface area contributed by atoms with Crippen LogP contribution in [0.3, 0.4) is 0 Å². The van der Waals surface area contributed by atoms with Crippen molar-refractivity contribution in [3.63, 3.8) is 0 Å². The normalized spacial score (nSPS) is 14.0. The van der Waals surface area contributed by atoms with E-state index in [4.69, 9.17) is 0 Å². The molecule has 0 fully saturated rings. The van der Waals surface area contributed by atoms with Crippen molar-refractivity contribution in [1.82, 2.24) is 0 Å². The molecule has 0 unspecified atom stereocenters. The van der Waals surface area contributed by atoms with Crippen LogP contribution in [-0.2, 0) is 10.8 Å². The molecule has 0 amide bonds. The Morgan fingerprint density at radius 3 is 1.46 bits per heavy atom. The molecule has 0 aromatic heterocycles. The molecule has 282 valence electrons. The summed E-state index contributed by atoms with van der Waals surface area (Å²) in [7, 11) is 0. The average molecular weight is 756 g/mol. The van der Waals surface area contributed by atoms with E-state index in [9.17, 15) is 0 Å². The molecule has 59 heavy (non-hydrogen) atoms. The number of hydrogen-bond acceptors (Lipinski definition) is 1. The molecule has 0 saturated heterocycles. The summed E-state index contributed by atoms with van der Waals surface area (Å²) in [6.07, 6.45) is 0. The third-order valence-electron chi connectivity index (χ3n) is 13.3. The average Bonchev–Trinajstić information content (AvgIpc) is 3.65. The first kappa shape index (κ1) is 35.2. The molecule has 2 aliphatic carbocycles. The standard InChI is InChI=1S/C58H45N/c1-57(2)52-20-12-10-19-48(52)50-32-29-45(36-54(50)57)59(56-21-13-11-18-47(56)41-25-22-40(23-26-41)38-14-6-5-7-15-38)46-30-33-51-49-31-28-44(35-53(49)58(3,4)55(51)37-46)43-27-24-39-16-8-9-17-42(39)34-43/h5-37H,1-4H3. The van der Waals surface area contributed by atoms with Crippen LogP contribution < -0.4 is 4.90 Å². The minimum absolute atomic E-state index is 0.120. The lowest BCUT2D eigenvalue weighted by atomic mass is 9.81. The van der Waals surface area contributed by atoms with Crippen LogP contribution in [0.25, 0.3) is 66.4 Å². The van der Waals surface area contributed by atoms with Crippen molar-refractivity contribution in [2.75, 3.05) is 4.90 Å². The molecule has 0 saturated carbocycles. The predicted octanol–water partition coefficient (Wildman–Crippen LogP) is 15.9. The Kier molecular flexibility index (Phi) is 7.94. The Morgan fingerprint density at radius 1 is 0.288 bits per heavy atom. The van der Waals surface area contributed by atoms with Gasteiger partial charge in [0.15, 0.2) is 0 Å². The van der Waals surface area contributed by atoms with E-state index in [1.807, 2.05) is 0 Å². The van der Waals surface area contributed by atoms with Crippen molar-refractivity contribution < 1.29 is 0 Å². The zero-order valence-electron chi connectivity index (χ0n) is 34.0. The second kappa shape index (κ2) is 13.3. The van der Waals surface area contributed by atoms with E-state index in [2.05, 4.69) is 233 Å². The van der Waals surface area contributed by atoms with E-state index in [1.165, 1.54) is 88.7 Å². The Bertz CT molecular complexity index is 3090. The quantitative estimate of drug-likeness (QED) is 0.163. The van der Waals surface area contributed by atoms with Crippen LogP contribution in [0.1, 0.15) is 49.9 Å². The topological polar surface area (TPSA) is 3.24 Å². The molecule has 0 spiro atoms. The summed E-state index contributed by atoms with van der Waals surface area (Å²) in [5, 5.41) is 2.54. The van der Waals surface area contributed by atoms with Gasteiger partial charge in [0, 0.05) is 27.8 Å². The van der Waals surface area contributed by atoms with Gasteiger partial charge in [-0.1, -0.05) is 185 Å². The van der Waals surface area contributed by atoms with Crippen LogP contribution in [0.5, 0.6) is 0 Å². The van der Waals surface area contributed by atoms with Crippen LogP contribution in [0, 0.1) is 0 Å². The lowest BCUT2D eigenvalue weighted by Crippen LogP contribution is -2.18. The molecule has 9 aromatic carbocycles. The summed E-state index contributed by atoms with van der Waals surface area (Å²) in [5.74, 6) is 0. The summed E-state index contributed by atoms with van der Waals surface area (Å²) in [4.78, 5) is 2.50. The van der Waals surface area contributed by atoms with Crippen molar-refractivity contribution in [2.24, 2.45) is 0 Å². The zero-order valence-corrected chi connectivity index (χ0v) is 34.0. The fourth-order valence-electron chi connectivity index (χ4n) is 10.1. The van der Waals surface area contributed by atoms with Gasteiger partial charge in [-0.3, -0.25) is 0 Å². The molecule has 1 nitrogen and oxygen atoms in total. The molecular weight excluding hydrogens is 711 g/mol. The Hall–Kier alpha value is -6.96. The van der Waals surface area contributed by atoms with Gasteiger partial charge >= 0.3 is 0 Å². The molecule has 11 rings (SSSR count). The number of hydrogen-bond donors (Lipinski definition) is 0. The first-order valence-electron chi connectivity index (χ1n) is 20.8. The summed E-state index contributed by atoms with van der Waals surface area (Å²) in [6.45, 7) is 9.53. The van der Waals surface area contributed by atoms with Crippen molar-refractivity contribution >= 4 is 27.8 Å². The second-order valence-corrected chi connectivity index (χ2v) is 17.4. The molecule has 0 radical (unpaired) electrons. The maximum Gasteiger partial charge on any atom is 0.0540 e. The van der Waals surface area contributed by atoms with Crippen LogP contribution >= 0.6 is 0 Å². The largest absolute Gasteiger partial charge is 0.310 e. The van der Waals surface area contributed by atoms with Gasteiger partial charge < -0.3 is 4.90 Å². The third-order valence-corrected chi connectivity index (χ3v) is 13.3. The number of nitrogens with zero attached hydrogens (tertiary/aromatic N) is 1. The molecule has 0 bridgehead atoms. The van der Waals surface area contributed by atoms with Crippen molar-refractivity contribution in [1.29, 1.82) is 0 Å². The number of para-hydroxylation sites is 1. The molecule has 0 heterocycles. The summed E-state index contributed by atoms with van der Waals surface area (Å²) >= 11 is 0. The van der Waals surface area contributed by atoms with Gasteiger partial charge in [-0.2, -0.15) is 0 Å². The van der Waals surface area contributed by atoms with E-state index in [0.717, 1.165) is 17.1 Å². The molecule has 1 heteroatoms. The maximum absolute atomic E-state index is 2.50. The van der Waals surface area contributed by atoms with E-state index >= 15 is 0 Å². The number of anilines is 3. The van der Waals surface area contributed by atoms with Gasteiger partial charge in [-0.25, -0.2) is 0 Å². The fourth-order valence-corrected chi connectivity index (χ4v) is 10.1. The first-order chi connectivity index (χ1) is 28.8. The lowest BCUT2D eigenvalue weighted by molar-refractivity contribution is 0.660. The van der Waals surface area contributed by atoms with E-state index in [-0.39, 0.29) is 10.8 Å². The van der Waals surface area contributed by atoms with Crippen molar-refractivity contribution in [2.45, 2.75) is 38.5 Å². The van der Waals surface area contributed by atoms with Crippen LogP contribution in [0.15, 0.2) is 200 Å². The second-order valence-electron chi connectivity index (χ2n) is 17.4. The van der Waals surface area contributed by atoms with Gasteiger partial charge in [-0.15, -0.1) is 0 Å². The van der Waals surface area contributed by atoms with E-state index < -0.39 is 0 Å². The third kappa shape index (κ3) is 5.60. The molecule has 0 N–H and O–H groups in total. The summed E-state index contributed by atoms with van der Waals surface area (Å²) in [5.41, 5.74) is 21.2. The minimum atomic E-state index is -0.201. The van der Waals surface area contributed by atoms with Gasteiger partial charge in [0.2, 0.25) is 0 Å². The molecular formula is C58H45N. The highest BCUT2D eigenvalue weighted by molar-refractivity contribution is 5.94. The number of fused-ring (bicyclic) bond motifs is 7. The van der Waals surface area contributed by atoms with Gasteiger partial charge in [0.1, 0.15) is 0 Å². The van der Waals surface area contributed by atoms with Crippen molar-refractivity contribution in [3.8, 4) is 55.6 Å². The minimum Gasteiger partial charge on any atom is -0.310 e. The van der Waals surface area contributed by atoms with Gasteiger partial charge in [-0.05, 0) is 126 Å². The van der Waals surface area contributed by atoms with Crippen LogP contribution in [0.2, 0.25) is 0 Å². The summed E-state index contributed by atoms with van der Waals surface area (Å²) in [6, 6.07) is 74.4. The van der Waals surface area contributed by atoms with Crippen molar-refractivity contribution in [3.05, 3.63) is 222 Å². The smallest absolute Gasteiger partial charge is 0.0540 e. The molecule has 0 atom stereocenters. The highest BCUT2D eigenvalue weighted by Crippen LogP contribution is 2.54. The Balaban J connectivity index is 1.05. The monoisotopic (exact) mass is 755 g/mol. The number of rotatable bonds is 6. The van der Waals surface area contributed by atoms with Crippen LogP contribution in [0.4, 0.5) is 17.1 Å². The lowest BCUT2D eigenvalue weighted by Gasteiger charge is -2.31.